The van der Waals surface area contributed by atoms with Gasteiger partial charge in [-0.3, -0.25) is 9.48 Å². The number of amides is 1. The van der Waals surface area contributed by atoms with Gasteiger partial charge in [-0.1, -0.05) is 31.9 Å². The van der Waals surface area contributed by atoms with Crippen molar-refractivity contribution in [1.82, 2.24) is 19.7 Å². The number of aliphatic hydroxyl groups is 1. The molecule has 2 aliphatic carbocycles. The van der Waals surface area contributed by atoms with Crippen LogP contribution in [-0.4, -0.2) is 37.7 Å². The Kier molecular flexibility index (Phi) is 4.70. The maximum absolute atomic E-state index is 12.6. The summed E-state index contributed by atoms with van der Waals surface area (Å²) in [5.74, 6) is 0.0484. The third-order valence-electron chi connectivity index (χ3n) is 7.80. The Hall–Kier alpha value is -2.99. The van der Waals surface area contributed by atoms with E-state index in [2.05, 4.69) is 29.9 Å². The summed E-state index contributed by atoms with van der Waals surface area (Å²) in [6.45, 7) is 3.94. The van der Waals surface area contributed by atoms with E-state index in [9.17, 15) is 9.90 Å². The van der Waals surface area contributed by atoms with Gasteiger partial charge in [-0.05, 0) is 54.4 Å². The molecular weight excluding hydrogens is 412 g/mol. The quantitative estimate of drug-likeness (QED) is 0.633. The number of aromatic nitrogens is 3. The molecule has 0 bridgehead atoms. The molecule has 0 spiro atoms. The van der Waals surface area contributed by atoms with Gasteiger partial charge in [0.1, 0.15) is 0 Å². The number of hydrogen-bond donors (Lipinski definition) is 1. The monoisotopic (exact) mass is 442 g/mol. The number of carbonyl (C=O) groups is 1. The molecular formula is C27H30N4O2. The summed E-state index contributed by atoms with van der Waals surface area (Å²) in [5, 5.41) is 15.2. The van der Waals surface area contributed by atoms with Crippen molar-refractivity contribution in [2.24, 2.45) is 5.41 Å². The summed E-state index contributed by atoms with van der Waals surface area (Å²) in [6.07, 6.45) is 10.2. The van der Waals surface area contributed by atoms with Crippen molar-refractivity contribution in [3.8, 4) is 22.4 Å². The van der Waals surface area contributed by atoms with Gasteiger partial charge < -0.3 is 10.0 Å². The van der Waals surface area contributed by atoms with Gasteiger partial charge in [-0.15, -0.1) is 0 Å². The summed E-state index contributed by atoms with van der Waals surface area (Å²) in [6, 6.07) is 8.22. The van der Waals surface area contributed by atoms with Crippen LogP contribution >= 0.6 is 0 Å². The lowest BCUT2D eigenvalue weighted by molar-refractivity contribution is 0.0816. The Morgan fingerprint density at radius 3 is 2.76 bits per heavy atom. The molecule has 0 saturated heterocycles. The highest BCUT2D eigenvalue weighted by molar-refractivity contribution is 5.99. The van der Waals surface area contributed by atoms with Crippen LogP contribution in [0, 0.1) is 5.41 Å². The van der Waals surface area contributed by atoms with Crippen LogP contribution in [0.3, 0.4) is 0 Å². The lowest BCUT2D eigenvalue weighted by atomic mass is 9.89. The second kappa shape index (κ2) is 7.52. The average Bonchev–Trinajstić information content (AvgIpc) is 3.58. The molecule has 1 N–H and O–H groups in total. The van der Waals surface area contributed by atoms with Crippen LogP contribution in [-0.2, 0) is 19.5 Å². The molecule has 6 nitrogen and oxygen atoms in total. The highest BCUT2D eigenvalue weighted by atomic mass is 16.3. The van der Waals surface area contributed by atoms with E-state index in [1.54, 1.807) is 4.90 Å². The van der Waals surface area contributed by atoms with Crippen molar-refractivity contribution in [2.45, 2.75) is 64.6 Å². The van der Waals surface area contributed by atoms with E-state index in [0.717, 1.165) is 57.7 Å². The first kappa shape index (κ1) is 20.6. The number of hydrogen-bond acceptors (Lipinski definition) is 4. The van der Waals surface area contributed by atoms with Crippen molar-refractivity contribution in [1.29, 1.82) is 0 Å². The zero-order valence-electron chi connectivity index (χ0n) is 19.3. The fraction of sp³-hybridized carbons (Fsp3) is 0.444. The number of fused-ring (bicyclic) bond motifs is 2. The van der Waals surface area contributed by atoms with Crippen LogP contribution in [0.25, 0.3) is 22.4 Å². The number of benzene rings is 1. The maximum atomic E-state index is 12.6. The van der Waals surface area contributed by atoms with E-state index < -0.39 is 6.10 Å². The van der Waals surface area contributed by atoms with Crippen LogP contribution in [0.4, 0.5) is 0 Å². The zero-order chi connectivity index (χ0) is 22.7. The number of rotatable bonds is 4. The Morgan fingerprint density at radius 1 is 1.12 bits per heavy atom. The van der Waals surface area contributed by atoms with E-state index in [1.165, 1.54) is 25.7 Å². The SMILES string of the molecule is CN1Cc2ccc(-c3nc4c(cc3-c3cnn(CC5(C)CCCC5)c3)CCC4O)cc2C1=O. The molecule has 0 radical (unpaired) electrons. The molecule has 3 aliphatic rings. The maximum Gasteiger partial charge on any atom is 0.254 e. The van der Waals surface area contributed by atoms with Gasteiger partial charge in [0.15, 0.2) is 0 Å². The van der Waals surface area contributed by atoms with Crippen LogP contribution in [0.5, 0.6) is 0 Å². The lowest BCUT2D eigenvalue weighted by Gasteiger charge is -2.23. The van der Waals surface area contributed by atoms with Gasteiger partial charge in [0, 0.05) is 48.6 Å². The van der Waals surface area contributed by atoms with Gasteiger partial charge in [0.05, 0.1) is 23.7 Å². The molecule has 3 aromatic rings. The summed E-state index contributed by atoms with van der Waals surface area (Å²) in [5.41, 5.74) is 7.75. The summed E-state index contributed by atoms with van der Waals surface area (Å²) < 4.78 is 2.08. The number of carbonyl (C=O) groups excluding carboxylic acids is 1. The third-order valence-corrected chi connectivity index (χ3v) is 7.80. The largest absolute Gasteiger partial charge is 0.387 e. The molecule has 1 saturated carbocycles. The Bertz CT molecular complexity index is 1260. The summed E-state index contributed by atoms with van der Waals surface area (Å²) in [7, 11) is 1.83. The van der Waals surface area contributed by atoms with Gasteiger partial charge in [0.2, 0.25) is 0 Å². The van der Waals surface area contributed by atoms with Crippen LogP contribution in [0.2, 0.25) is 0 Å². The first-order valence-electron chi connectivity index (χ1n) is 12.0. The fourth-order valence-electron chi connectivity index (χ4n) is 5.89. The van der Waals surface area contributed by atoms with E-state index >= 15 is 0 Å². The van der Waals surface area contributed by atoms with Crippen LogP contribution in [0.1, 0.15) is 72.3 Å². The van der Waals surface area contributed by atoms with Crippen molar-refractivity contribution in [3.63, 3.8) is 0 Å². The van der Waals surface area contributed by atoms with Gasteiger partial charge in [-0.2, -0.15) is 5.10 Å². The topological polar surface area (TPSA) is 71.2 Å². The number of nitrogens with zero attached hydrogens (tertiary/aromatic N) is 4. The lowest BCUT2D eigenvalue weighted by Crippen LogP contribution is -2.19. The molecule has 33 heavy (non-hydrogen) atoms. The van der Waals surface area contributed by atoms with E-state index in [0.29, 0.717) is 18.4 Å². The van der Waals surface area contributed by atoms with Crippen LogP contribution in [0.15, 0.2) is 36.7 Å². The standard InChI is InChI=1S/C27H30N4O2/c1-27(9-3-4-10-27)16-31-15-20(13-28-31)21-11-18-7-8-23(32)25(18)29-24(21)17-5-6-19-14-30(2)26(33)22(19)12-17/h5-6,11-13,15,23,32H,3-4,7-10,14,16H2,1-2H3. The molecule has 6 rings (SSSR count). The molecule has 1 amide bonds. The molecule has 1 atom stereocenters. The van der Waals surface area contributed by atoms with Crippen molar-refractivity contribution in [3.05, 3.63) is 59.0 Å². The third kappa shape index (κ3) is 3.48. The number of aryl methyl sites for hydroxylation is 1. The Morgan fingerprint density at radius 2 is 1.94 bits per heavy atom. The Labute approximate surface area is 194 Å². The molecule has 1 aliphatic heterocycles. The predicted molar refractivity (Wildman–Crippen MR) is 127 cm³/mol. The molecule has 6 heteroatoms. The number of aliphatic hydroxyl groups excluding tert-OH is 1. The molecule has 1 unspecified atom stereocenters. The average molecular weight is 443 g/mol. The second-order valence-electron chi connectivity index (χ2n) is 10.5. The molecule has 3 heterocycles. The minimum absolute atomic E-state index is 0.0484. The van der Waals surface area contributed by atoms with Crippen molar-refractivity contribution in [2.75, 3.05) is 7.05 Å². The minimum atomic E-state index is -0.528. The molecule has 1 fully saturated rings. The van der Waals surface area contributed by atoms with E-state index in [1.807, 2.05) is 25.4 Å². The zero-order valence-corrected chi connectivity index (χ0v) is 19.3. The fourth-order valence-corrected chi connectivity index (χ4v) is 5.89. The second-order valence-corrected chi connectivity index (χ2v) is 10.5. The normalized spacial score (nSPS) is 21.0. The highest BCUT2D eigenvalue weighted by Crippen LogP contribution is 2.41. The van der Waals surface area contributed by atoms with E-state index in [4.69, 9.17) is 10.1 Å². The van der Waals surface area contributed by atoms with Crippen LogP contribution < -0.4 is 0 Å². The smallest absolute Gasteiger partial charge is 0.254 e. The van der Waals surface area contributed by atoms with E-state index in [-0.39, 0.29) is 5.91 Å². The minimum Gasteiger partial charge on any atom is -0.387 e. The van der Waals surface area contributed by atoms with Gasteiger partial charge in [0.25, 0.3) is 5.91 Å². The summed E-state index contributed by atoms with van der Waals surface area (Å²) >= 11 is 0. The number of pyridine rings is 1. The molecule has 170 valence electrons. The summed E-state index contributed by atoms with van der Waals surface area (Å²) in [4.78, 5) is 19.3. The Balaban J connectivity index is 1.44. The van der Waals surface area contributed by atoms with Crippen molar-refractivity contribution >= 4 is 5.91 Å². The molecule has 2 aromatic heterocycles. The first-order chi connectivity index (χ1) is 15.9. The predicted octanol–water partition coefficient (Wildman–Crippen LogP) is 4.76. The molecule has 1 aromatic carbocycles. The van der Waals surface area contributed by atoms with Crippen molar-refractivity contribution < 1.29 is 9.90 Å². The first-order valence-corrected chi connectivity index (χ1v) is 12.0. The highest BCUT2D eigenvalue weighted by Gasteiger charge is 2.30. The van der Waals surface area contributed by atoms with Gasteiger partial charge in [-0.25, -0.2) is 4.98 Å². The van der Waals surface area contributed by atoms with Gasteiger partial charge >= 0.3 is 0 Å².